The molecule has 0 aliphatic heterocycles. The second kappa shape index (κ2) is 6.07. The van der Waals surface area contributed by atoms with Crippen molar-refractivity contribution >= 4 is 22.9 Å². The minimum Gasteiger partial charge on any atom is -0.422 e. The van der Waals surface area contributed by atoms with Crippen LogP contribution in [-0.4, -0.2) is 20.3 Å². The lowest BCUT2D eigenvalue weighted by Gasteiger charge is -2.09. The van der Waals surface area contributed by atoms with Crippen molar-refractivity contribution in [2.24, 2.45) is 0 Å². The molecule has 24 heavy (non-hydrogen) atoms. The Morgan fingerprint density at radius 3 is 2.71 bits per heavy atom. The molecule has 0 radical (unpaired) electrons. The molecule has 0 aliphatic carbocycles. The number of nitrogens with zero attached hydrogens (tertiary/aromatic N) is 2. The van der Waals surface area contributed by atoms with Crippen LogP contribution in [0, 0.1) is 0 Å². The third kappa shape index (κ3) is 3.30. The lowest BCUT2D eigenvalue weighted by atomic mass is 10.2. The standard InChI is InChI=1S/C14H11F3N4O3/c15-14(16,17)8-5-10-11(18-6-8)20-13(24-10)19-9-3-1-2-7(4-9)12(22)21-23/h1-6,12,21-23H,(H,18,19,20). The summed E-state index contributed by atoms with van der Waals surface area (Å²) in [6.07, 6.45) is -5.13. The van der Waals surface area contributed by atoms with Crippen LogP contribution in [0.4, 0.5) is 24.9 Å². The molecule has 1 unspecified atom stereocenters. The second-order valence-corrected chi connectivity index (χ2v) is 4.84. The Kier molecular flexibility index (Phi) is 4.09. The molecule has 2 aromatic heterocycles. The highest BCUT2D eigenvalue weighted by Crippen LogP contribution is 2.31. The number of aliphatic hydroxyl groups is 1. The maximum Gasteiger partial charge on any atom is 0.418 e. The largest absolute Gasteiger partial charge is 0.422 e. The number of halogens is 3. The van der Waals surface area contributed by atoms with Gasteiger partial charge in [0.2, 0.25) is 5.65 Å². The number of nitrogens with one attached hydrogen (secondary N) is 2. The maximum absolute atomic E-state index is 12.7. The Morgan fingerprint density at radius 1 is 1.21 bits per heavy atom. The highest BCUT2D eigenvalue weighted by Gasteiger charge is 2.31. The SMILES string of the molecule is ONC(O)c1cccc(Nc2nc3ncc(C(F)(F)F)cc3o2)c1. The van der Waals surface area contributed by atoms with Gasteiger partial charge in [0.05, 0.1) is 5.56 Å². The molecule has 0 aliphatic rings. The first-order valence-electron chi connectivity index (χ1n) is 6.65. The Hall–Kier alpha value is -2.69. The molecular formula is C14H11F3N4O3. The molecule has 0 bridgehead atoms. The van der Waals surface area contributed by atoms with E-state index >= 15 is 0 Å². The molecule has 3 rings (SSSR count). The molecule has 0 fully saturated rings. The van der Waals surface area contributed by atoms with Crippen LogP contribution in [0.3, 0.4) is 0 Å². The number of hydrogen-bond donors (Lipinski definition) is 4. The lowest BCUT2D eigenvalue weighted by molar-refractivity contribution is -0.137. The van der Waals surface area contributed by atoms with Gasteiger partial charge in [-0.2, -0.15) is 23.6 Å². The van der Waals surface area contributed by atoms with E-state index in [2.05, 4.69) is 15.3 Å². The zero-order valence-electron chi connectivity index (χ0n) is 11.9. The zero-order valence-corrected chi connectivity index (χ0v) is 11.9. The van der Waals surface area contributed by atoms with Gasteiger partial charge in [-0.1, -0.05) is 12.1 Å². The van der Waals surface area contributed by atoms with Crippen LogP contribution in [0.15, 0.2) is 40.9 Å². The van der Waals surface area contributed by atoms with E-state index in [9.17, 15) is 18.3 Å². The van der Waals surface area contributed by atoms with Gasteiger partial charge in [-0.25, -0.2) is 4.98 Å². The molecule has 7 nitrogen and oxygen atoms in total. The lowest BCUT2D eigenvalue weighted by Crippen LogP contribution is -2.15. The number of hydrogen-bond acceptors (Lipinski definition) is 7. The van der Waals surface area contributed by atoms with E-state index in [0.717, 1.165) is 6.07 Å². The molecule has 2 heterocycles. The molecule has 3 aromatic rings. The number of hydroxylamine groups is 1. The van der Waals surface area contributed by atoms with Crippen molar-refractivity contribution in [3.63, 3.8) is 0 Å². The summed E-state index contributed by atoms with van der Waals surface area (Å²) in [6, 6.07) is 7.04. The Balaban J connectivity index is 1.88. The van der Waals surface area contributed by atoms with Gasteiger partial charge < -0.3 is 20.0 Å². The highest BCUT2D eigenvalue weighted by molar-refractivity contribution is 5.71. The Bertz CT molecular complexity index is 866. The van der Waals surface area contributed by atoms with Crippen molar-refractivity contribution in [2.75, 3.05) is 5.32 Å². The molecule has 0 saturated heterocycles. The minimum absolute atomic E-state index is 0.0266. The van der Waals surface area contributed by atoms with E-state index in [1.165, 1.54) is 6.07 Å². The van der Waals surface area contributed by atoms with Gasteiger partial charge in [0.15, 0.2) is 11.8 Å². The van der Waals surface area contributed by atoms with Gasteiger partial charge in [-0.15, -0.1) is 0 Å². The van der Waals surface area contributed by atoms with E-state index < -0.39 is 18.0 Å². The number of benzene rings is 1. The number of rotatable bonds is 4. The van der Waals surface area contributed by atoms with Crippen LogP contribution in [0.2, 0.25) is 0 Å². The molecular weight excluding hydrogens is 329 g/mol. The summed E-state index contributed by atoms with van der Waals surface area (Å²) in [5.41, 5.74) is 1.47. The first-order chi connectivity index (χ1) is 11.4. The van der Waals surface area contributed by atoms with Crippen LogP contribution >= 0.6 is 0 Å². The van der Waals surface area contributed by atoms with Crippen LogP contribution in [-0.2, 0) is 6.18 Å². The summed E-state index contributed by atoms with van der Waals surface area (Å²) in [4.78, 5) is 7.56. The summed E-state index contributed by atoms with van der Waals surface area (Å²) in [5, 5.41) is 21.0. The molecule has 4 N–H and O–H groups in total. The first kappa shape index (κ1) is 16.2. The molecule has 10 heteroatoms. The summed E-state index contributed by atoms with van der Waals surface area (Å²) in [6.45, 7) is 0. The van der Waals surface area contributed by atoms with Gasteiger partial charge in [-0.3, -0.25) is 0 Å². The fourth-order valence-corrected chi connectivity index (χ4v) is 2.01. The van der Waals surface area contributed by atoms with Crippen LogP contribution in [0.25, 0.3) is 11.2 Å². The number of alkyl halides is 3. The average Bonchev–Trinajstić information content (AvgIpc) is 2.94. The smallest absolute Gasteiger partial charge is 0.418 e. The quantitative estimate of drug-likeness (QED) is 0.428. The zero-order chi connectivity index (χ0) is 17.3. The molecule has 0 spiro atoms. The number of fused-ring (bicyclic) bond motifs is 1. The summed E-state index contributed by atoms with van der Waals surface area (Å²) < 4.78 is 43.2. The van der Waals surface area contributed by atoms with Gasteiger partial charge in [0.1, 0.15) is 0 Å². The van der Waals surface area contributed by atoms with Crippen molar-refractivity contribution in [3.05, 3.63) is 47.7 Å². The van der Waals surface area contributed by atoms with Gasteiger partial charge in [0.25, 0.3) is 0 Å². The number of pyridine rings is 1. The fraction of sp³-hybridized carbons (Fsp3) is 0.143. The van der Waals surface area contributed by atoms with Gasteiger partial charge in [-0.05, 0) is 23.8 Å². The summed E-state index contributed by atoms with van der Waals surface area (Å²) in [7, 11) is 0. The van der Waals surface area contributed by atoms with Crippen LogP contribution < -0.4 is 10.8 Å². The third-order valence-electron chi connectivity index (χ3n) is 3.15. The van der Waals surface area contributed by atoms with E-state index in [4.69, 9.17) is 9.62 Å². The fourth-order valence-electron chi connectivity index (χ4n) is 2.01. The van der Waals surface area contributed by atoms with E-state index in [1.54, 1.807) is 23.7 Å². The van der Waals surface area contributed by atoms with Gasteiger partial charge >= 0.3 is 12.2 Å². The van der Waals surface area contributed by atoms with Crippen molar-refractivity contribution < 1.29 is 27.9 Å². The normalized spacial score (nSPS) is 13.2. The number of aromatic nitrogens is 2. The van der Waals surface area contributed by atoms with Gasteiger partial charge in [0, 0.05) is 11.9 Å². The topological polar surface area (TPSA) is 103 Å². The van der Waals surface area contributed by atoms with Crippen LogP contribution in [0.1, 0.15) is 17.4 Å². The van der Waals surface area contributed by atoms with Crippen molar-refractivity contribution in [1.82, 2.24) is 15.4 Å². The van der Waals surface area contributed by atoms with E-state index in [0.29, 0.717) is 17.4 Å². The third-order valence-corrected chi connectivity index (χ3v) is 3.15. The highest BCUT2D eigenvalue weighted by atomic mass is 19.4. The predicted molar refractivity (Wildman–Crippen MR) is 76.4 cm³/mol. The van der Waals surface area contributed by atoms with Crippen molar-refractivity contribution in [2.45, 2.75) is 12.4 Å². The monoisotopic (exact) mass is 340 g/mol. The Labute approximate surface area is 132 Å². The van der Waals surface area contributed by atoms with E-state index in [-0.39, 0.29) is 17.2 Å². The first-order valence-corrected chi connectivity index (χ1v) is 6.65. The van der Waals surface area contributed by atoms with Crippen molar-refractivity contribution in [3.8, 4) is 0 Å². The van der Waals surface area contributed by atoms with Crippen LogP contribution in [0.5, 0.6) is 0 Å². The average molecular weight is 340 g/mol. The molecule has 1 aromatic carbocycles. The summed E-state index contributed by atoms with van der Waals surface area (Å²) in [5.74, 6) is 0. The second-order valence-electron chi connectivity index (χ2n) is 4.84. The molecule has 0 amide bonds. The molecule has 0 saturated carbocycles. The number of aliphatic hydroxyl groups excluding tert-OH is 1. The maximum atomic E-state index is 12.7. The Morgan fingerprint density at radius 2 is 2.00 bits per heavy atom. The van der Waals surface area contributed by atoms with E-state index in [1.807, 2.05) is 0 Å². The molecule has 1 atom stereocenters. The number of anilines is 2. The minimum atomic E-state index is -4.52. The van der Waals surface area contributed by atoms with Crippen molar-refractivity contribution in [1.29, 1.82) is 0 Å². The molecule has 126 valence electrons. The number of oxazole rings is 1. The predicted octanol–water partition coefficient (Wildman–Crippen LogP) is 2.95. The summed E-state index contributed by atoms with van der Waals surface area (Å²) >= 11 is 0.